The van der Waals surface area contributed by atoms with Crippen molar-refractivity contribution in [1.29, 1.82) is 5.26 Å². The van der Waals surface area contributed by atoms with Crippen molar-refractivity contribution in [2.75, 3.05) is 32.8 Å². The first-order valence-corrected chi connectivity index (χ1v) is 21.6. The van der Waals surface area contributed by atoms with Gasteiger partial charge in [-0.25, -0.2) is 0 Å². The fraction of sp³-hybridized carbons (Fsp3) is 0.479. The fourth-order valence-electron chi connectivity index (χ4n) is 9.20. The molecule has 0 radical (unpaired) electrons. The van der Waals surface area contributed by atoms with Crippen LogP contribution in [0.5, 0.6) is 17.2 Å². The molecular formula is C48H57ClN4O6. The number of carboxylic acids is 1. The van der Waals surface area contributed by atoms with E-state index in [1.165, 1.54) is 31.9 Å². The molecule has 10 nitrogen and oxygen atoms in total. The van der Waals surface area contributed by atoms with Crippen molar-refractivity contribution < 1.29 is 29.2 Å². The predicted molar refractivity (Wildman–Crippen MR) is 229 cm³/mol. The maximum atomic E-state index is 12.1. The quantitative estimate of drug-likeness (QED) is 0.112. The molecule has 59 heavy (non-hydrogen) atoms. The highest BCUT2D eigenvalue weighted by Crippen LogP contribution is 2.45. The number of aliphatic hydroxyl groups is 1. The molecule has 2 saturated heterocycles. The number of hydrogen-bond donors (Lipinski definition) is 2. The fourth-order valence-corrected chi connectivity index (χ4v) is 9.44. The van der Waals surface area contributed by atoms with Crippen molar-refractivity contribution in [1.82, 2.24) is 14.8 Å². The number of aliphatic carboxylic acids is 1. The molecule has 1 spiro atoms. The molecule has 312 valence electrons. The molecule has 11 heteroatoms. The van der Waals surface area contributed by atoms with Gasteiger partial charge in [0.25, 0.3) is 0 Å². The third-order valence-electron chi connectivity index (χ3n) is 12.9. The van der Waals surface area contributed by atoms with Crippen molar-refractivity contribution in [3.8, 4) is 34.4 Å². The van der Waals surface area contributed by atoms with E-state index in [9.17, 15) is 20.3 Å². The number of piperidine rings is 2. The van der Waals surface area contributed by atoms with E-state index in [0.29, 0.717) is 53.6 Å². The predicted octanol–water partition coefficient (Wildman–Crippen LogP) is 9.27. The molecule has 1 aromatic heterocycles. The molecule has 3 aliphatic rings. The van der Waals surface area contributed by atoms with E-state index in [4.69, 9.17) is 25.8 Å². The van der Waals surface area contributed by atoms with E-state index >= 15 is 0 Å². The minimum absolute atomic E-state index is 0.0933. The monoisotopic (exact) mass is 820 g/mol. The first-order valence-electron chi connectivity index (χ1n) is 21.2. The Bertz CT molecular complexity index is 2120. The minimum atomic E-state index is -0.830. The number of carboxylic acid groups (broad SMARTS) is 1. The van der Waals surface area contributed by atoms with Gasteiger partial charge in [0.2, 0.25) is 0 Å². The maximum absolute atomic E-state index is 12.1. The normalized spacial score (nSPS) is 18.7. The number of benzene rings is 3. The number of aliphatic hydroxyl groups excluding tert-OH is 1. The Morgan fingerprint density at radius 1 is 0.864 bits per heavy atom. The zero-order valence-electron chi connectivity index (χ0n) is 34.4. The van der Waals surface area contributed by atoms with Gasteiger partial charge in [-0.1, -0.05) is 48.4 Å². The molecule has 2 N–H and O–H groups in total. The van der Waals surface area contributed by atoms with Crippen molar-refractivity contribution in [2.45, 2.75) is 110 Å². The lowest BCUT2D eigenvalue weighted by molar-refractivity contribution is -0.144. The SMILES string of the molecule is Cc1c(COc2cc(OCc3cncc(C#N)c3)c(CN3CCCC[C@H]3C(=O)O)cc2Cl)cccc1-c1cccc(OCCCN2CCC3(CCC(O)CC3)CC2)c1C. The van der Waals surface area contributed by atoms with Crippen LogP contribution in [0.25, 0.3) is 11.1 Å². The molecule has 3 heterocycles. The molecule has 1 atom stereocenters. The molecule has 2 aliphatic heterocycles. The summed E-state index contributed by atoms with van der Waals surface area (Å²) in [4.78, 5) is 20.8. The third-order valence-corrected chi connectivity index (χ3v) is 13.2. The van der Waals surface area contributed by atoms with Crippen LogP contribution in [0, 0.1) is 30.6 Å². The van der Waals surface area contributed by atoms with Gasteiger partial charge in [-0.15, -0.1) is 0 Å². The molecule has 1 saturated carbocycles. The number of pyridine rings is 1. The number of nitriles is 1. The Morgan fingerprint density at radius 3 is 2.37 bits per heavy atom. The highest BCUT2D eigenvalue weighted by atomic mass is 35.5. The number of hydrogen-bond acceptors (Lipinski definition) is 9. The highest BCUT2D eigenvalue weighted by molar-refractivity contribution is 6.32. The first kappa shape index (κ1) is 42.5. The van der Waals surface area contributed by atoms with Crippen molar-refractivity contribution in [3.63, 3.8) is 0 Å². The second-order valence-corrected chi connectivity index (χ2v) is 17.2. The topological polar surface area (TPSA) is 128 Å². The molecular weight excluding hydrogens is 764 g/mol. The Morgan fingerprint density at radius 2 is 1.61 bits per heavy atom. The van der Waals surface area contributed by atoms with E-state index in [2.05, 4.69) is 60.1 Å². The summed E-state index contributed by atoms with van der Waals surface area (Å²) in [6.45, 7) is 9.67. The van der Waals surface area contributed by atoms with Crippen LogP contribution in [-0.2, 0) is 24.6 Å². The Labute approximate surface area is 353 Å². The summed E-state index contributed by atoms with van der Waals surface area (Å²) in [5.41, 5.74) is 7.83. The Kier molecular flexibility index (Phi) is 14.1. The summed E-state index contributed by atoms with van der Waals surface area (Å²) in [6.07, 6.45) is 13.2. The van der Waals surface area contributed by atoms with Crippen LogP contribution in [0.2, 0.25) is 5.02 Å². The molecule has 0 bridgehead atoms. The first-order chi connectivity index (χ1) is 28.6. The molecule has 0 unspecified atom stereocenters. The van der Waals surface area contributed by atoms with E-state index < -0.39 is 12.0 Å². The van der Waals surface area contributed by atoms with Crippen molar-refractivity contribution in [3.05, 3.63) is 105 Å². The Balaban J connectivity index is 1.01. The number of nitrogens with zero attached hydrogens (tertiary/aromatic N) is 4. The standard InChI is InChI=1S/C48H57ClN4O6/c1-33-37(8-5-9-40(33)41-10-6-12-44(34(41)2)57-23-7-19-52-21-17-48(18-22-52)15-13-39(54)14-16-48)32-59-46-26-45(58-31-36-24-35(27-50)28-51-29-36)38(25-42(46)49)30-53-20-4-3-11-43(53)47(55)56/h5-6,8-10,12,24-26,28-29,39,43,54H,3-4,7,11,13-23,30-32H2,1-2H3,(H,55,56)/t43-/m0/s1. The molecule has 3 fully saturated rings. The van der Waals surface area contributed by atoms with Gasteiger partial charge in [-0.2, -0.15) is 5.26 Å². The molecule has 7 rings (SSSR count). The van der Waals surface area contributed by atoms with Crippen LogP contribution >= 0.6 is 11.6 Å². The van der Waals surface area contributed by atoms with Crippen LogP contribution in [0.3, 0.4) is 0 Å². The second-order valence-electron chi connectivity index (χ2n) is 16.8. The van der Waals surface area contributed by atoms with E-state index in [-0.39, 0.29) is 19.3 Å². The number of ether oxygens (including phenoxy) is 3. The van der Waals surface area contributed by atoms with Gasteiger partial charge >= 0.3 is 5.97 Å². The molecule has 1 aliphatic carbocycles. The number of rotatable bonds is 15. The Hall–Kier alpha value is -4.66. The van der Waals surface area contributed by atoms with Gasteiger partial charge in [0, 0.05) is 42.7 Å². The zero-order chi connectivity index (χ0) is 41.4. The van der Waals surface area contributed by atoms with E-state index in [1.807, 2.05) is 17.0 Å². The summed E-state index contributed by atoms with van der Waals surface area (Å²) in [5, 5.41) is 29.7. The number of likely N-dealkylation sites (tertiary alicyclic amines) is 2. The lowest BCUT2D eigenvalue weighted by Crippen LogP contribution is -2.44. The van der Waals surface area contributed by atoms with Gasteiger partial charge in [0.05, 0.1) is 23.3 Å². The summed E-state index contributed by atoms with van der Waals surface area (Å²) < 4.78 is 19.2. The highest BCUT2D eigenvalue weighted by Gasteiger charge is 2.37. The maximum Gasteiger partial charge on any atom is 0.320 e. The summed E-state index contributed by atoms with van der Waals surface area (Å²) in [5.74, 6) is 1.06. The molecule has 4 aromatic rings. The van der Waals surface area contributed by atoms with Crippen LogP contribution < -0.4 is 14.2 Å². The van der Waals surface area contributed by atoms with Crippen molar-refractivity contribution >= 4 is 17.6 Å². The number of aromatic nitrogens is 1. The molecule has 3 aromatic carbocycles. The van der Waals surface area contributed by atoms with Gasteiger partial charge < -0.3 is 29.3 Å². The third kappa shape index (κ3) is 10.6. The van der Waals surface area contributed by atoms with Gasteiger partial charge in [0.15, 0.2) is 0 Å². The number of halogens is 1. The summed E-state index contributed by atoms with van der Waals surface area (Å²) >= 11 is 6.89. The number of carbonyl (C=O) groups is 1. The van der Waals surface area contributed by atoms with E-state index in [1.54, 1.807) is 18.3 Å². The van der Waals surface area contributed by atoms with Gasteiger partial charge in [0.1, 0.15) is 42.6 Å². The summed E-state index contributed by atoms with van der Waals surface area (Å²) in [6, 6.07) is 19.4. The minimum Gasteiger partial charge on any atom is -0.493 e. The lowest BCUT2D eigenvalue weighted by Gasteiger charge is -2.45. The second kappa shape index (κ2) is 19.6. The average molecular weight is 821 g/mol. The van der Waals surface area contributed by atoms with Crippen molar-refractivity contribution in [2.24, 2.45) is 5.41 Å². The zero-order valence-corrected chi connectivity index (χ0v) is 35.2. The van der Waals surface area contributed by atoms with Crippen LogP contribution in [0.15, 0.2) is 67.0 Å². The van der Waals surface area contributed by atoms with E-state index in [0.717, 1.165) is 96.4 Å². The average Bonchev–Trinajstić information content (AvgIpc) is 3.25. The van der Waals surface area contributed by atoms with Crippen LogP contribution in [0.1, 0.15) is 97.6 Å². The smallest absolute Gasteiger partial charge is 0.320 e. The van der Waals surface area contributed by atoms with Crippen LogP contribution in [-0.4, -0.2) is 75.9 Å². The largest absolute Gasteiger partial charge is 0.493 e. The van der Waals surface area contributed by atoms with Crippen LogP contribution in [0.4, 0.5) is 0 Å². The lowest BCUT2D eigenvalue weighted by atomic mass is 9.67. The van der Waals surface area contributed by atoms with Gasteiger partial charge in [-0.05, 0) is 143 Å². The van der Waals surface area contributed by atoms with Gasteiger partial charge in [-0.3, -0.25) is 14.7 Å². The summed E-state index contributed by atoms with van der Waals surface area (Å²) in [7, 11) is 0. The molecule has 0 amide bonds.